The molecule has 2 N–H and O–H groups in total. The minimum absolute atomic E-state index is 0.0196. The average Bonchev–Trinajstić information content (AvgIpc) is 3.35. The summed E-state index contributed by atoms with van der Waals surface area (Å²) in [5, 5.41) is 12.5. The molecule has 2 rings (SSSR count). The van der Waals surface area contributed by atoms with Gasteiger partial charge in [0.15, 0.2) is 0 Å². The van der Waals surface area contributed by atoms with Crippen LogP contribution in [0.4, 0.5) is 0 Å². The van der Waals surface area contributed by atoms with Gasteiger partial charge < -0.3 is 20.1 Å². The lowest BCUT2D eigenvalue weighted by Gasteiger charge is -2.27. The number of benzene rings is 1. The Balaban J connectivity index is 1.98. The van der Waals surface area contributed by atoms with Crippen LogP contribution in [0.15, 0.2) is 55.6 Å². The minimum Gasteiger partial charge on any atom is -0.463 e. The fourth-order valence-electron chi connectivity index (χ4n) is 4.52. The summed E-state index contributed by atoms with van der Waals surface area (Å²) in [5.41, 5.74) is 1.05. The van der Waals surface area contributed by atoms with E-state index in [1.807, 2.05) is 44.2 Å². The van der Waals surface area contributed by atoms with Gasteiger partial charge in [0.1, 0.15) is 6.61 Å². The van der Waals surface area contributed by atoms with E-state index in [1.54, 1.807) is 17.1 Å². The molecule has 1 aromatic carbocycles. The summed E-state index contributed by atoms with van der Waals surface area (Å²) in [6, 6.07) is 9.21. The molecule has 0 aromatic heterocycles. The minimum atomic E-state index is -0.571. The van der Waals surface area contributed by atoms with E-state index in [4.69, 9.17) is 4.74 Å². The Labute approximate surface area is 215 Å². The lowest BCUT2D eigenvalue weighted by Crippen LogP contribution is -2.46. The Kier molecular flexibility index (Phi) is 12.4. The highest BCUT2D eigenvalue weighted by Crippen LogP contribution is 2.21. The third kappa shape index (κ3) is 8.94. The molecule has 1 aliphatic heterocycles. The van der Waals surface area contributed by atoms with Crippen molar-refractivity contribution in [2.24, 2.45) is 17.8 Å². The number of aliphatic hydroxyl groups is 1. The molecule has 0 radical (unpaired) electrons. The van der Waals surface area contributed by atoms with Gasteiger partial charge in [-0.1, -0.05) is 56.3 Å². The first-order valence-electron chi connectivity index (χ1n) is 12.9. The second-order valence-electron chi connectivity index (χ2n) is 9.89. The highest BCUT2D eigenvalue weighted by molar-refractivity contribution is 5.86. The first kappa shape index (κ1) is 29.3. The molecule has 7 nitrogen and oxygen atoms in total. The van der Waals surface area contributed by atoms with Crippen LogP contribution in [0.1, 0.15) is 51.5 Å². The standard InChI is InChI=1S/C29H42N2O5/c1-5-11-23(18-27(33)31-16-10-15-25(31)19-32)28(34)30-26(21(3)4)20-36-29(35)24(12-6-2)17-22-13-8-7-9-14-22/h5-9,13-14,21,23-26,32H,1-2,10-12,15-20H2,3-4H3,(H,30,34)/t23-,24-,25-,26+/m0/s1. The van der Waals surface area contributed by atoms with Crippen molar-refractivity contribution < 1.29 is 24.2 Å². The zero-order chi connectivity index (χ0) is 26.5. The Morgan fingerprint density at radius 2 is 1.81 bits per heavy atom. The molecule has 0 saturated carbocycles. The first-order chi connectivity index (χ1) is 17.3. The Bertz CT molecular complexity index is 870. The van der Waals surface area contributed by atoms with Crippen molar-refractivity contribution >= 4 is 17.8 Å². The molecule has 1 aliphatic rings. The zero-order valence-corrected chi connectivity index (χ0v) is 21.7. The molecule has 1 fully saturated rings. The molecule has 0 spiro atoms. The number of amides is 2. The number of nitrogens with zero attached hydrogens (tertiary/aromatic N) is 1. The van der Waals surface area contributed by atoms with Gasteiger partial charge in [0.25, 0.3) is 0 Å². The van der Waals surface area contributed by atoms with Crippen molar-refractivity contribution in [1.29, 1.82) is 0 Å². The molecule has 0 bridgehead atoms. The number of likely N-dealkylation sites (tertiary alicyclic amines) is 1. The van der Waals surface area contributed by atoms with Crippen molar-refractivity contribution in [3.05, 3.63) is 61.2 Å². The summed E-state index contributed by atoms with van der Waals surface area (Å²) < 4.78 is 5.66. The second kappa shape index (κ2) is 15.2. The summed E-state index contributed by atoms with van der Waals surface area (Å²) in [6.45, 7) is 12.0. The predicted octanol–water partition coefficient (Wildman–Crippen LogP) is 3.67. The van der Waals surface area contributed by atoms with Gasteiger partial charge in [0.05, 0.1) is 30.5 Å². The van der Waals surface area contributed by atoms with Gasteiger partial charge in [0, 0.05) is 13.0 Å². The molecule has 0 unspecified atom stereocenters. The summed E-state index contributed by atoms with van der Waals surface area (Å²) in [5.74, 6) is -1.61. The largest absolute Gasteiger partial charge is 0.463 e. The van der Waals surface area contributed by atoms with Crippen LogP contribution < -0.4 is 5.32 Å². The van der Waals surface area contributed by atoms with E-state index >= 15 is 0 Å². The van der Waals surface area contributed by atoms with E-state index in [1.165, 1.54) is 0 Å². The molecule has 1 saturated heterocycles. The van der Waals surface area contributed by atoms with Crippen LogP contribution >= 0.6 is 0 Å². The summed E-state index contributed by atoms with van der Waals surface area (Å²) >= 11 is 0. The average molecular weight is 499 g/mol. The highest BCUT2D eigenvalue weighted by atomic mass is 16.5. The van der Waals surface area contributed by atoms with E-state index in [0.29, 0.717) is 25.8 Å². The number of aliphatic hydroxyl groups excluding tert-OH is 1. The third-order valence-electron chi connectivity index (χ3n) is 6.80. The van der Waals surface area contributed by atoms with Gasteiger partial charge in [0.2, 0.25) is 11.8 Å². The van der Waals surface area contributed by atoms with Gasteiger partial charge in [-0.15, -0.1) is 13.2 Å². The van der Waals surface area contributed by atoms with Gasteiger partial charge in [-0.05, 0) is 43.6 Å². The molecular weight excluding hydrogens is 456 g/mol. The number of hydrogen-bond acceptors (Lipinski definition) is 5. The van der Waals surface area contributed by atoms with Crippen LogP contribution in [-0.2, 0) is 25.5 Å². The van der Waals surface area contributed by atoms with E-state index in [-0.39, 0.29) is 61.3 Å². The van der Waals surface area contributed by atoms with Gasteiger partial charge in [-0.3, -0.25) is 14.4 Å². The number of ether oxygens (including phenoxy) is 1. The Hall–Kier alpha value is -2.93. The third-order valence-corrected chi connectivity index (χ3v) is 6.80. The Morgan fingerprint density at radius 3 is 2.42 bits per heavy atom. The number of carbonyl (C=O) groups is 3. The first-order valence-corrected chi connectivity index (χ1v) is 12.9. The van der Waals surface area contributed by atoms with Crippen LogP contribution in [0.2, 0.25) is 0 Å². The predicted molar refractivity (Wildman–Crippen MR) is 141 cm³/mol. The maximum absolute atomic E-state index is 13.1. The summed E-state index contributed by atoms with van der Waals surface area (Å²) in [7, 11) is 0. The van der Waals surface area contributed by atoms with Crippen molar-refractivity contribution in [2.45, 2.75) is 64.5 Å². The van der Waals surface area contributed by atoms with Crippen LogP contribution in [0.5, 0.6) is 0 Å². The molecule has 1 aromatic rings. The molecule has 36 heavy (non-hydrogen) atoms. The maximum atomic E-state index is 13.1. The van der Waals surface area contributed by atoms with Crippen LogP contribution in [0.3, 0.4) is 0 Å². The molecule has 198 valence electrons. The van der Waals surface area contributed by atoms with Crippen molar-refractivity contribution in [2.75, 3.05) is 19.8 Å². The number of carbonyl (C=O) groups excluding carboxylic acids is 3. The smallest absolute Gasteiger partial charge is 0.309 e. The van der Waals surface area contributed by atoms with E-state index in [2.05, 4.69) is 18.5 Å². The highest BCUT2D eigenvalue weighted by Gasteiger charge is 2.32. The SMILES string of the molecule is C=CC[C@@H](CC(=O)N1CCC[C@H]1CO)C(=O)N[C@H](COC(=O)[C@@H](CC=C)Cc1ccccc1)C(C)C. The van der Waals surface area contributed by atoms with Crippen LogP contribution in [0, 0.1) is 17.8 Å². The number of esters is 1. The maximum Gasteiger partial charge on any atom is 0.309 e. The zero-order valence-electron chi connectivity index (χ0n) is 21.7. The number of nitrogens with one attached hydrogen (secondary N) is 1. The number of rotatable bonds is 15. The summed E-state index contributed by atoms with van der Waals surface area (Å²) in [6.07, 6.45) is 6.45. The quantitative estimate of drug-likeness (QED) is 0.284. The second-order valence-corrected chi connectivity index (χ2v) is 9.89. The van der Waals surface area contributed by atoms with Crippen molar-refractivity contribution in [3.8, 4) is 0 Å². The lowest BCUT2D eigenvalue weighted by atomic mass is 9.96. The number of allylic oxidation sites excluding steroid dienone is 2. The fourth-order valence-corrected chi connectivity index (χ4v) is 4.52. The topological polar surface area (TPSA) is 95.9 Å². The molecule has 1 heterocycles. The van der Waals surface area contributed by atoms with Crippen molar-refractivity contribution in [1.82, 2.24) is 10.2 Å². The molecule has 4 atom stereocenters. The van der Waals surface area contributed by atoms with Crippen molar-refractivity contribution in [3.63, 3.8) is 0 Å². The van der Waals surface area contributed by atoms with Gasteiger partial charge in [-0.25, -0.2) is 0 Å². The van der Waals surface area contributed by atoms with E-state index in [9.17, 15) is 19.5 Å². The normalized spacial score (nSPS) is 17.8. The molecule has 0 aliphatic carbocycles. The van der Waals surface area contributed by atoms with Crippen LogP contribution in [-0.4, -0.2) is 59.6 Å². The Morgan fingerprint density at radius 1 is 1.14 bits per heavy atom. The lowest BCUT2D eigenvalue weighted by molar-refractivity contribution is -0.150. The van der Waals surface area contributed by atoms with Gasteiger partial charge >= 0.3 is 5.97 Å². The monoisotopic (exact) mass is 498 g/mol. The molecule has 2 amide bonds. The van der Waals surface area contributed by atoms with E-state index in [0.717, 1.165) is 18.4 Å². The fraction of sp³-hybridized carbons (Fsp3) is 0.552. The number of hydrogen-bond donors (Lipinski definition) is 2. The molecular formula is C29H42N2O5. The van der Waals surface area contributed by atoms with Gasteiger partial charge in [-0.2, -0.15) is 0 Å². The van der Waals surface area contributed by atoms with Crippen LogP contribution in [0.25, 0.3) is 0 Å². The summed E-state index contributed by atoms with van der Waals surface area (Å²) in [4.78, 5) is 40.5. The van der Waals surface area contributed by atoms with E-state index < -0.39 is 5.92 Å². The molecule has 7 heteroatoms.